The molecule has 1 aliphatic rings. The summed E-state index contributed by atoms with van der Waals surface area (Å²) >= 11 is 0. The first-order valence-corrected chi connectivity index (χ1v) is 11.2. The molecular formula is C20H22N6O3S. The molecule has 2 aromatic heterocycles. The van der Waals surface area contributed by atoms with Gasteiger partial charge >= 0.3 is 0 Å². The smallest absolute Gasteiger partial charge is 0.254 e. The molecule has 0 bridgehead atoms. The van der Waals surface area contributed by atoms with Gasteiger partial charge in [0.05, 0.1) is 5.75 Å². The van der Waals surface area contributed by atoms with E-state index in [0.29, 0.717) is 28.6 Å². The number of anilines is 3. The van der Waals surface area contributed by atoms with E-state index < -0.39 is 15.9 Å². The van der Waals surface area contributed by atoms with Gasteiger partial charge in [-0.05, 0) is 43.0 Å². The van der Waals surface area contributed by atoms with Gasteiger partial charge in [0, 0.05) is 17.4 Å². The Morgan fingerprint density at radius 2 is 1.93 bits per heavy atom. The molecule has 0 unspecified atom stereocenters. The molecule has 156 valence electrons. The van der Waals surface area contributed by atoms with Crippen molar-refractivity contribution in [2.24, 2.45) is 11.7 Å². The number of nitrogens with one attached hydrogen (secondary N) is 3. The van der Waals surface area contributed by atoms with E-state index in [-0.39, 0.29) is 17.2 Å². The van der Waals surface area contributed by atoms with E-state index in [0.717, 1.165) is 19.3 Å². The topological polar surface area (TPSA) is 143 Å². The summed E-state index contributed by atoms with van der Waals surface area (Å²) in [6.45, 7) is 0. The average Bonchev–Trinajstić information content (AvgIpc) is 3.10. The van der Waals surface area contributed by atoms with Crippen LogP contribution in [0.15, 0.2) is 48.7 Å². The third-order valence-corrected chi connectivity index (χ3v) is 6.50. The molecule has 0 spiro atoms. The summed E-state index contributed by atoms with van der Waals surface area (Å²) in [6, 6.07) is 12.0. The third kappa shape index (κ3) is 4.43. The second kappa shape index (κ2) is 8.15. The minimum absolute atomic E-state index is 0.141. The number of carbonyl (C=O) groups excluding carboxylic acids is 1. The van der Waals surface area contributed by atoms with E-state index in [9.17, 15) is 13.2 Å². The molecule has 1 amide bonds. The highest BCUT2D eigenvalue weighted by Crippen LogP contribution is 2.30. The van der Waals surface area contributed by atoms with Crippen LogP contribution in [0, 0.1) is 5.92 Å². The van der Waals surface area contributed by atoms with E-state index in [2.05, 4.69) is 25.2 Å². The number of amides is 1. The first-order valence-electron chi connectivity index (χ1n) is 9.58. The Balaban J connectivity index is 1.54. The minimum atomic E-state index is -3.39. The number of carbonyl (C=O) groups is 1. The molecule has 9 nitrogen and oxygen atoms in total. The predicted molar refractivity (Wildman–Crippen MR) is 115 cm³/mol. The summed E-state index contributed by atoms with van der Waals surface area (Å²) in [5, 5.41) is 9.98. The Labute approximate surface area is 174 Å². The maximum absolute atomic E-state index is 12.3. The van der Waals surface area contributed by atoms with Crippen molar-refractivity contribution in [2.75, 3.05) is 15.8 Å². The van der Waals surface area contributed by atoms with Crippen LogP contribution in [-0.4, -0.2) is 35.3 Å². The maximum atomic E-state index is 12.3. The van der Waals surface area contributed by atoms with E-state index in [4.69, 9.17) is 5.73 Å². The van der Waals surface area contributed by atoms with Crippen LogP contribution in [0.1, 0.15) is 29.6 Å². The van der Waals surface area contributed by atoms with Crippen molar-refractivity contribution in [1.82, 2.24) is 15.2 Å². The molecule has 30 heavy (non-hydrogen) atoms. The molecule has 1 aromatic carbocycles. The van der Waals surface area contributed by atoms with Gasteiger partial charge in [0.15, 0.2) is 0 Å². The second-order valence-electron chi connectivity index (χ2n) is 7.28. The fourth-order valence-corrected chi connectivity index (χ4v) is 4.87. The normalized spacial score (nSPS) is 14.1. The van der Waals surface area contributed by atoms with Crippen LogP contribution >= 0.6 is 0 Å². The highest BCUT2D eigenvalue weighted by Gasteiger charge is 2.25. The molecule has 0 atom stereocenters. The average molecular weight is 427 g/mol. The van der Waals surface area contributed by atoms with Gasteiger partial charge in [0.1, 0.15) is 22.9 Å². The van der Waals surface area contributed by atoms with Crippen LogP contribution in [0.5, 0.6) is 0 Å². The molecule has 0 radical (unpaired) electrons. The highest BCUT2D eigenvalue weighted by molar-refractivity contribution is 7.92. The van der Waals surface area contributed by atoms with E-state index in [1.165, 1.54) is 0 Å². The SMILES string of the molecule is NC(=O)c1c(-c2ccc(NS(=O)(=O)CC3CCC3)cc2)n[nH]c1Nc1ccccn1. The Kier molecular flexibility index (Phi) is 5.40. The third-order valence-electron chi connectivity index (χ3n) is 5.04. The van der Waals surface area contributed by atoms with Crippen LogP contribution in [0.4, 0.5) is 17.3 Å². The molecule has 2 heterocycles. The molecule has 0 saturated heterocycles. The number of aromatic nitrogens is 3. The van der Waals surface area contributed by atoms with E-state index >= 15 is 0 Å². The van der Waals surface area contributed by atoms with Crippen molar-refractivity contribution < 1.29 is 13.2 Å². The maximum Gasteiger partial charge on any atom is 0.254 e. The van der Waals surface area contributed by atoms with Crippen LogP contribution < -0.4 is 15.8 Å². The molecule has 10 heteroatoms. The fourth-order valence-electron chi connectivity index (χ4n) is 3.33. The molecule has 1 saturated carbocycles. The Hall–Kier alpha value is -3.40. The lowest BCUT2D eigenvalue weighted by Gasteiger charge is -2.25. The van der Waals surface area contributed by atoms with Crippen LogP contribution in [0.3, 0.4) is 0 Å². The molecule has 5 N–H and O–H groups in total. The number of aromatic amines is 1. The molecule has 4 rings (SSSR count). The zero-order chi connectivity index (χ0) is 21.1. The van der Waals surface area contributed by atoms with Gasteiger partial charge < -0.3 is 11.1 Å². The van der Waals surface area contributed by atoms with Crippen molar-refractivity contribution in [1.29, 1.82) is 0 Å². The Morgan fingerprint density at radius 3 is 2.53 bits per heavy atom. The monoisotopic (exact) mass is 426 g/mol. The molecule has 1 aliphatic carbocycles. The standard InChI is InChI=1S/C20H22N6O3S/c21-19(27)17-18(24-25-20(17)23-16-6-1-2-11-22-16)14-7-9-15(10-8-14)26-30(28,29)12-13-4-3-5-13/h1-2,6-11,13,26H,3-5,12H2,(H2,21,27)(H2,22,23,24,25). The lowest BCUT2D eigenvalue weighted by Crippen LogP contribution is -2.26. The number of sulfonamides is 1. The van der Waals surface area contributed by atoms with Gasteiger partial charge in [0.2, 0.25) is 10.0 Å². The Morgan fingerprint density at radius 1 is 1.17 bits per heavy atom. The predicted octanol–water partition coefficient (Wildman–Crippen LogP) is 2.86. The summed E-state index contributed by atoms with van der Waals surface area (Å²) in [4.78, 5) is 16.2. The van der Waals surface area contributed by atoms with Crippen molar-refractivity contribution in [2.45, 2.75) is 19.3 Å². The van der Waals surface area contributed by atoms with Gasteiger partial charge in [-0.25, -0.2) is 13.4 Å². The van der Waals surface area contributed by atoms with Crippen LogP contribution in [0.2, 0.25) is 0 Å². The van der Waals surface area contributed by atoms with Crippen molar-refractivity contribution >= 4 is 33.3 Å². The largest absolute Gasteiger partial charge is 0.365 e. The molecule has 0 aliphatic heterocycles. The molecule has 1 fully saturated rings. The van der Waals surface area contributed by atoms with Crippen molar-refractivity contribution in [3.63, 3.8) is 0 Å². The van der Waals surface area contributed by atoms with Crippen LogP contribution in [0.25, 0.3) is 11.3 Å². The lowest BCUT2D eigenvalue weighted by molar-refractivity contribution is 0.100. The number of primary amides is 1. The summed E-state index contributed by atoms with van der Waals surface area (Å²) < 4.78 is 27.2. The number of hydrogen-bond acceptors (Lipinski definition) is 6. The van der Waals surface area contributed by atoms with E-state index in [1.54, 1.807) is 48.7 Å². The van der Waals surface area contributed by atoms with Crippen molar-refractivity contribution in [3.05, 3.63) is 54.2 Å². The van der Waals surface area contributed by atoms with Crippen LogP contribution in [-0.2, 0) is 10.0 Å². The van der Waals surface area contributed by atoms with Gasteiger partial charge in [-0.15, -0.1) is 0 Å². The number of benzene rings is 1. The number of hydrogen-bond donors (Lipinski definition) is 4. The second-order valence-corrected chi connectivity index (χ2v) is 9.05. The lowest BCUT2D eigenvalue weighted by atomic mass is 9.87. The first-order chi connectivity index (χ1) is 14.4. The summed E-state index contributed by atoms with van der Waals surface area (Å²) in [5.74, 6) is 0.604. The zero-order valence-corrected chi connectivity index (χ0v) is 16.9. The number of rotatable bonds is 8. The van der Waals surface area contributed by atoms with Crippen molar-refractivity contribution in [3.8, 4) is 11.3 Å². The fraction of sp³-hybridized carbons (Fsp3) is 0.250. The van der Waals surface area contributed by atoms with Gasteiger partial charge in [-0.3, -0.25) is 14.6 Å². The zero-order valence-electron chi connectivity index (χ0n) is 16.1. The number of pyridine rings is 1. The van der Waals surface area contributed by atoms with E-state index in [1.807, 2.05) is 0 Å². The highest BCUT2D eigenvalue weighted by atomic mass is 32.2. The number of nitrogens with two attached hydrogens (primary N) is 1. The van der Waals surface area contributed by atoms with Gasteiger partial charge in [0.25, 0.3) is 5.91 Å². The molecule has 3 aromatic rings. The number of nitrogens with zero attached hydrogens (tertiary/aromatic N) is 2. The first kappa shape index (κ1) is 19.9. The summed E-state index contributed by atoms with van der Waals surface area (Å²) in [5.41, 5.74) is 7.22. The quantitative estimate of drug-likeness (QED) is 0.436. The molecular weight excluding hydrogens is 404 g/mol. The summed E-state index contributed by atoms with van der Waals surface area (Å²) in [7, 11) is -3.39. The summed E-state index contributed by atoms with van der Waals surface area (Å²) in [6.07, 6.45) is 4.64. The van der Waals surface area contributed by atoms with Gasteiger partial charge in [-0.2, -0.15) is 5.10 Å². The van der Waals surface area contributed by atoms with Gasteiger partial charge in [-0.1, -0.05) is 24.6 Å². The minimum Gasteiger partial charge on any atom is -0.365 e. The number of H-pyrrole nitrogens is 1. The Bertz CT molecular complexity index is 1140.